The highest BCUT2D eigenvalue weighted by Crippen LogP contribution is 2.30. The van der Waals surface area contributed by atoms with Crippen molar-refractivity contribution in [3.8, 4) is 0 Å². The van der Waals surface area contributed by atoms with Crippen molar-refractivity contribution in [3.05, 3.63) is 42.0 Å². The second kappa shape index (κ2) is 7.00. The normalized spacial score (nSPS) is 13.6. The van der Waals surface area contributed by atoms with Crippen molar-refractivity contribution in [2.45, 2.75) is 10.0 Å². The zero-order valence-electron chi connectivity index (χ0n) is 9.57. The number of benzene rings is 1. The molecular formula is C12H12Cl3NO2. The molecule has 0 aliphatic heterocycles. The van der Waals surface area contributed by atoms with E-state index in [1.807, 2.05) is 30.3 Å². The van der Waals surface area contributed by atoms with E-state index in [-0.39, 0.29) is 0 Å². The summed E-state index contributed by atoms with van der Waals surface area (Å²) in [6.07, 6.45) is 1.99. The lowest BCUT2D eigenvalue weighted by atomic mass is 10.2. The van der Waals surface area contributed by atoms with E-state index >= 15 is 0 Å². The Bertz CT molecular complexity index is 415. The highest BCUT2D eigenvalue weighted by Gasteiger charge is 2.33. The van der Waals surface area contributed by atoms with Gasteiger partial charge in [-0.2, -0.15) is 0 Å². The van der Waals surface area contributed by atoms with Gasteiger partial charge in [0.2, 0.25) is 9.70 Å². The van der Waals surface area contributed by atoms with Gasteiger partial charge < -0.3 is 10.1 Å². The summed E-state index contributed by atoms with van der Waals surface area (Å²) in [5, 5.41) is 2.43. The van der Waals surface area contributed by atoms with Crippen LogP contribution in [0.25, 0.3) is 6.08 Å². The summed E-state index contributed by atoms with van der Waals surface area (Å²) in [4.78, 5) is 11.6. The molecule has 3 nitrogen and oxygen atoms in total. The van der Waals surface area contributed by atoms with Gasteiger partial charge in [-0.25, -0.2) is 0 Å². The lowest BCUT2D eigenvalue weighted by molar-refractivity contribution is -0.119. The van der Waals surface area contributed by atoms with Crippen LogP contribution < -0.4 is 5.32 Å². The summed E-state index contributed by atoms with van der Waals surface area (Å²) in [7, 11) is 1.34. The molecule has 6 heteroatoms. The zero-order chi connectivity index (χ0) is 13.6. The summed E-state index contributed by atoms with van der Waals surface area (Å²) in [5.41, 5.74) is 0.899. The zero-order valence-corrected chi connectivity index (χ0v) is 11.8. The van der Waals surface area contributed by atoms with Crippen molar-refractivity contribution >= 4 is 46.8 Å². The molecule has 1 rings (SSSR count). The van der Waals surface area contributed by atoms with E-state index in [0.717, 1.165) is 5.56 Å². The molecule has 0 aromatic heterocycles. The minimum Gasteiger partial charge on any atom is -0.357 e. The first kappa shape index (κ1) is 15.3. The first-order valence-corrected chi connectivity index (χ1v) is 6.20. The van der Waals surface area contributed by atoms with E-state index in [9.17, 15) is 4.79 Å². The Morgan fingerprint density at radius 1 is 1.33 bits per heavy atom. The van der Waals surface area contributed by atoms with Gasteiger partial charge in [0.25, 0.3) is 0 Å². The van der Waals surface area contributed by atoms with Crippen LogP contribution in [0.1, 0.15) is 5.56 Å². The van der Waals surface area contributed by atoms with E-state index in [0.29, 0.717) is 0 Å². The SMILES string of the molecule is CO[C@@H](NC(=O)/C=C/c1ccccc1)C(Cl)(Cl)Cl. The molecule has 1 N–H and O–H groups in total. The van der Waals surface area contributed by atoms with Gasteiger partial charge in [-0.05, 0) is 11.6 Å². The number of rotatable bonds is 4. The standard InChI is InChI=1S/C12H12Cl3NO2/c1-18-11(12(13,14)15)16-10(17)8-7-9-5-3-2-4-6-9/h2-8,11H,1H3,(H,16,17)/b8-7+/t11-/m1/s1. The Kier molecular flexibility index (Phi) is 5.96. The van der Waals surface area contributed by atoms with E-state index < -0.39 is 15.9 Å². The molecule has 18 heavy (non-hydrogen) atoms. The molecule has 0 unspecified atom stereocenters. The number of alkyl halides is 3. The highest BCUT2D eigenvalue weighted by molar-refractivity contribution is 6.68. The maximum atomic E-state index is 11.6. The van der Waals surface area contributed by atoms with Crippen LogP contribution in [0.3, 0.4) is 0 Å². The fraction of sp³-hybridized carbons (Fsp3) is 0.250. The lowest BCUT2D eigenvalue weighted by Crippen LogP contribution is -2.44. The molecule has 0 fully saturated rings. The minimum atomic E-state index is -1.72. The number of ether oxygens (including phenoxy) is 1. The molecule has 1 atom stereocenters. The third kappa shape index (κ3) is 5.27. The molecule has 0 saturated heterocycles. The largest absolute Gasteiger partial charge is 0.357 e. The maximum absolute atomic E-state index is 11.6. The summed E-state index contributed by atoms with van der Waals surface area (Å²) < 4.78 is 3.16. The van der Waals surface area contributed by atoms with E-state index in [2.05, 4.69) is 5.32 Å². The van der Waals surface area contributed by atoms with Crippen molar-refractivity contribution in [3.63, 3.8) is 0 Å². The third-order valence-corrected chi connectivity index (χ3v) is 2.63. The Labute approximate surface area is 121 Å². The number of nitrogens with one attached hydrogen (secondary N) is 1. The predicted octanol–water partition coefficient (Wildman–Crippen LogP) is 3.16. The van der Waals surface area contributed by atoms with Crippen LogP contribution in [0.2, 0.25) is 0 Å². The van der Waals surface area contributed by atoms with E-state index in [1.54, 1.807) is 6.08 Å². The predicted molar refractivity (Wildman–Crippen MR) is 74.7 cm³/mol. The molecule has 0 aliphatic carbocycles. The summed E-state index contributed by atoms with van der Waals surface area (Å²) in [6.45, 7) is 0. The Morgan fingerprint density at radius 2 is 1.94 bits per heavy atom. The monoisotopic (exact) mass is 307 g/mol. The topological polar surface area (TPSA) is 38.3 Å². The van der Waals surface area contributed by atoms with Crippen LogP contribution in [0.15, 0.2) is 36.4 Å². The van der Waals surface area contributed by atoms with Gasteiger partial charge in [-0.3, -0.25) is 4.79 Å². The number of carbonyl (C=O) groups is 1. The molecule has 0 saturated carbocycles. The molecule has 0 spiro atoms. The molecular weight excluding hydrogens is 296 g/mol. The molecule has 98 valence electrons. The van der Waals surface area contributed by atoms with Crippen LogP contribution in [0.5, 0.6) is 0 Å². The Hall–Kier alpha value is -0.740. The van der Waals surface area contributed by atoms with Gasteiger partial charge in [0, 0.05) is 13.2 Å². The molecule has 0 bridgehead atoms. The molecule has 1 aromatic rings. The quantitative estimate of drug-likeness (QED) is 0.527. The highest BCUT2D eigenvalue weighted by atomic mass is 35.6. The first-order valence-electron chi connectivity index (χ1n) is 5.06. The number of halogens is 3. The molecule has 0 aliphatic rings. The fourth-order valence-corrected chi connectivity index (χ4v) is 1.62. The van der Waals surface area contributed by atoms with Gasteiger partial charge in [0.1, 0.15) is 0 Å². The van der Waals surface area contributed by atoms with Gasteiger partial charge in [0.05, 0.1) is 0 Å². The Balaban J connectivity index is 2.59. The number of carbonyl (C=O) groups excluding carboxylic acids is 1. The van der Waals surface area contributed by atoms with Crippen LogP contribution in [0, 0.1) is 0 Å². The maximum Gasteiger partial charge on any atom is 0.246 e. The molecule has 1 aromatic carbocycles. The molecule has 1 amide bonds. The minimum absolute atomic E-state index is 0.406. The van der Waals surface area contributed by atoms with Gasteiger partial charge in [-0.1, -0.05) is 65.1 Å². The van der Waals surface area contributed by atoms with Gasteiger partial charge in [-0.15, -0.1) is 0 Å². The summed E-state index contributed by atoms with van der Waals surface area (Å²) in [6, 6.07) is 9.37. The van der Waals surface area contributed by atoms with Crippen LogP contribution in [-0.4, -0.2) is 23.0 Å². The molecule has 0 heterocycles. The van der Waals surface area contributed by atoms with Gasteiger partial charge in [0.15, 0.2) is 6.23 Å². The van der Waals surface area contributed by atoms with Crippen molar-refractivity contribution in [2.75, 3.05) is 7.11 Å². The second-order valence-electron chi connectivity index (χ2n) is 3.41. The smallest absolute Gasteiger partial charge is 0.246 e. The number of methoxy groups -OCH3 is 1. The third-order valence-electron chi connectivity index (χ3n) is 2.03. The van der Waals surface area contributed by atoms with E-state index in [1.165, 1.54) is 13.2 Å². The summed E-state index contributed by atoms with van der Waals surface area (Å²) in [5.74, 6) is -0.406. The molecule has 0 radical (unpaired) electrons. The van der Waals surface area contributed by atoms with Crippen molar-refractivity contribution < 1.29 is 9.53 Å². The van der Waals surface area contributed by atoms with Crippen molar-refractivity contribution in [1.29, 1.82) is 0 Å². The number of amides is 1. The van der Waals surface area contributed by atoms with E-state index in [4.69, 9.17) is 39.5 Å². The van der Waals surface area contributed by atoms with Crippen molar-refractivity contribution in [1.82, 2.24) is 5.32 Å². The lowest BCUT2D eigenvalue weighted by Gasteiger charge is -2.23. The van der Waals surface area contributed by atoms with Crippen LogP contribution in [-0.2, 0) is 9.53 Å². The summed E-state index contributed by atoms with van der Waals surface area (Å²) >= 11 is 16.9. The number of hydrogen-bond donors (Lipinski definition) is 1. The first-order chi connectivity index (χ1) is 8.43. The average molecular weight is 309 g/mol. The number of hydrogen-bond acceptors (Lipinski definition) is 2. The van der Waals surface area contributed by atoms with Crippen molar-refractivity contribution in [2.24, 2.45) is 0 Å². The van der Waals surface area contributed by atoms with Crippen LogP contribution >= 0.6 is 34.8 Å². The average Bonchev–Trinajstić information content (AvgIpc) is 2.33. The Morgan fingerprint density at radius 3 is 2.44 bits per heavy atom. The van der Waals surface area contributed by atoms with Gasteiger partial charge >= 0.3 is 0 Å². The van der Waals surface area contributed by atoms with Crippen LogP contribution in [0.4, 0.5) is 0 Å². The second-order valence-corrected chi connectivity index (χ2v) is 5.78. The fourth-order valence-electron chi connectivity index (χ4n) is 1.19.